The molecule has 0 N–H and O–H groups in total. The van der Waals surface area contributed by atoms with E-state index in [2.05, 4.69) is 31.9 Å². The largest absolute Gasteiger partial charge is 0.383 e. The maximum atomic E-state index is 5.16. The normalized spacial score (nSPS) is 15.1. The van der Waals surface area contributed by atoms with Crippen LogP contribution in [0.4, 0.5) is 5.82 Å². The topological polar surface area (TPSA) is 25.4 Å². The Morgan fingerprint density at radius 3 is 3.00 bits per heavy atom. The first-order chi connectivity index (χ1) is 7.86. The highest BCUT2D eigenvalue weighted by Crippen LogP contribution is 2.32. The maximum absolute atomic E-state index is 5.16. The lowest BCUT2D eigenvalue weighted by Crippen LogP contribution is -2.31. The Morgan fingerprint density at radius 2 is 2.38 bits per heavy atom. The molecule has 1 aromatic heterocycles. The number of hydrogen-bond donors (Lipinski definition) is 0. The van der Waals surface area contributed by atoms with Gasteiger partial charge in [-0.3, -0.25) is 0 Å². The molecule has 0 saturated heterocycles. The Balaban J connectivity index is 2.16. The number of hydrogen-bond acceptors (Lipinski definition) is 3. The lowest BCUT2D eigenvalue weighted by molar-refractivity contribution is 0.204. The summed E-state index contributed by atoms with van der Waals surface area (Å²) >= 11 is 3.52. The van der Waals surface area contributed by atoms with E-state index in [9.17, 15) is 0 Å². The summed E-state index contributed by atoms with van der Waals surface area (Å²) in [5.41, 5.74) is 1.26. The van der Waals surface area contributed by atoms with Gasteiger partial charge in [-0.1, -0.05) is 22.0 Å². The highest BCUT2D eigenvalue weighted by molar-refractivity contribution is 9.08. The van der Waals surface area contributed by atoms with Gasteiger partial charge in [-0.05, 0) is 18.9 Å². The number of aromatic nitrogens is 1. The van der Waals surface area contributed by atoms with Crippen molar-refractivity contribution >= 4 is 21.7 Å². The SMILES string of the molecule is COCCN(c1ncccc1CBr)C1CC1. The molecule has 88 valence electrons. The summed E-state index contributed by atoms with van der Waals surface area (Å²) in [5.74, 6) is 1.11. The van der Waals surface area contributed by atoms with Gasteiger partial charge in [0, 0.05) is 36.8 Å². The molecule has 2 rings (SSSR count). The van der Waals surface area contributed by atoms with E-state index in [-0.39, 0.29) is 0 Å². The molecule has 0 spiro atoms. The van der Waals surface area contributed by atoms with E-state index in [1.165, 1.54) is 18.4 Å². The number of anilines is 1. The van der Waals surface area contributed by atoms with Crippen LogP contribution in [0, 0.1) is 0 Å². The van der Waals surface area contributed by atoms with Gasteiger partial charge < -0.3 is 9.64 Å². The summed E-state index contributed by atoms with van der Waals surface area (Å²) in [7, 11) is 1.74. The number of ether oxygens (including phenoxy) is 1. The van der Waals surface area contributed by atoms with Crippen molar-refractivity contribution in [2.24, 2.45) is 0 Å². The number of nitrogens with zero attached hydrogens (tertiary/aromatic N) is 2. The van der Waals surface area contributed by atoms with E-state index in [1.54, 1.807) is 7.11 Å². The third kappa shape index (κ3) is 2.74. The fourth-order valence-electron chi connectivity index (χ4n) is 1.83. The molecule has 1 aliphatic rings. The zero-order valence-electron chi connectivity index (χ0n) is 9.53. The predicted molar refractivity (Wildman–Crippen MR) is 69.1 cm³/mol. The molecule has 1 heterocycles. The number of halogens is 1. The van der Waals surface area contributed by atoms with Crippen LogP contribution in [0.25, 0.3) is 0 Å². The van der Waals surface area contributed by atoms with Crippen molar-refractivity contribution in [3.8, 4) is 0 Å². The summed E-state index contributed by atoms with van der Waals surface area (Å²) in [6, 6.07) is 4.78. The van der Waals surface area contributed by atoms with Gasteiger partial charge in [0.1, 0.15) is 5.82 Å². The third-order valence-electron chi connectivity index (χ3n) is 2.81. The Labute approximate surface area is 105 Å². The van der Waals surface area contributed by atoms with Crippen LogP contribution < -0.4 is 4.90 Å². The second-order valence-electron chi connectivity index (χ2n) is 4.04. The third-order valence-corrected chi connectivity index (χ3v) is 3.41. The van der Waals surface area contributed by atoms with Crippen molar-refractivity contribution in [3.05, 3.63) is 23.9 Å². The van der Waals surface area contributed by atoms with E-state index in [4.69, 9.17) is 4.74 Å². The molecule has 0 bridgehead atoms. The van der Waals surface area contributed by atoms with E-state index in [1.807, 2.05) is 12.3 Å². The monoisotopic (exact) mass is 284 g/mol. The lowest BCUT2D eigenvalue weighted by Gasteiger charge is -2.25. The molecule has 0 amide bonds. The van der Waals surface area contributed by atoms with Crippen molar-refractivity contribution in [1.29, 1.82) is 0 Å². The van der Waals surface area contributed by atoms with Crippen LogP contribution in [-0.2, 0) is 10.1 Å². The van der Waals surface area contributed by atoms with E-state index >= 15 is 0 Å². The first-order valence-corrected chi connectivity index (χ1v) is 6.74. The summed E-state index contributed by atoms with van der Waals surface area (Å²) < 4.78 is 5.16. The molecule has 0 radical (unpaired) electrons. The number of alkyl halides is 1. The van der Waals surface area contributed by atoms with Gasteiger partial charge in [0.2, 0.25) is 0 Å². The molecular weight excluding hydrogens is 268 g/mol. The highest BCUT2D eigenvalue weighted by atomic mass is 79.9. The lowest BCUT2D eigenvalue weighted by atomic mass is 10.2. The fourth-order valence-corrected chi connectivity index (χ4v) is 2.27. The molecular formula is C12H17BrN2O. The second kappa shape index (κ2) is 5.64. The molecule has 1 aliphatic carbocycles. The average molecular weight is 285 g/mol. The van der Waals surface area contributed by atoms with Gasteiger partial charge in [0.05, 0.1) is 6.61 Å². The van der Waals surface area contributed by atoms with Crippen LogP contribution >= 0.6 is 15.9 Å². The first kappa shape index (κ1) is 11.9. The van der Waals surface area contributed by atoms with Crippen LogP contribution in [0.15, 0.2) is 18.3 Å². The second-order valence-corrected chi connectivity index (χ2v) is 4.60. The molecule has 4 heteroatoms. The van der Waals surface area contributed by atoms with Gasteiger partial charge in [-0.15, -0.1) is 0 Å². The van der Waals surface area contributed by atoms with Crippen LogP contribution in [0.5, 0.6) is 0 Å². The molecule has 1 aromatic rings. The van der Waals surface area contributed by atoms with Crippen LogP contribution in [0.2, 0.25) is 0 Å². The van der Waals surface area contributed by atoms with Gasteiger partial charge in [-0.2, -0.15) is 0 Å². The Bertz CT molecular complexity index is 342. The molecule has 1 saturated carbocycles. The summed E-state index contributed by atoms with van der Waals surface area (Å²) in [5, 5.41) is 0.854. The molecule has 3 nitrogen and oxygen atoms in total. The van der Waals surface area contributed by atoms with Crippen LogP contribution in [0.3, 0.4) is 0 Å². The number of rotatable bonds is 6. The van der Waals surface area contributed by atoms with Crippen molar-refractivity contribution in [1.82, 2.24) is 4.98 Å². The van der Waals surface area contributed by atoms with Gasteiger partial charge in [0.25, 0.3) is 0 Å². The molecule has 0 unspecified atom stereocenters. The highest BCUT2D eigenvalue weighted by Gasteiger charge is 2.30. The number of methoxy groups -OCH3 is 1. The summed E-state index contributed by atoms with van der Waals surface area (Å²) in [6.45, 7) is 1.69. The minimum absolute atomic E-state index is 0.669. The number of pyridine rings is 1. The Kier molecular flexibility index (Phi) is 4.18. The minimum Gasteiger partial charge on any atom is -0.383 e. The smallest absolute Gasteiger partial charge is 0.132 e. The predicted octanol–water partition coefficient (Wildman–Crippen LogP) is 2.59. The zero-order chi connectivity index (χ0) is 11.4. The Morgan fingerprint density at radius 1 is 1.56 bits per heavy atom. The summed E-state index contributed by atoms with van der Waals surface area (Å²) in [6.07, 6.45) is 4.42. The van der Waals surface area contributed by atoms with E-state index < -0.39 is 0 Å². The van der Waals surface area contributed by atoms with Gasteiger partial charge in [-0.25, -0.2) is 4.98 Å². The first-order valence-electron chi connectivity index (χ1n) is 5.62. The minimum atomic E-state index is 0.669. The molecule has 16 heavy (non-hydrogen) atoms. The standard InChI is InChI=1S/C12H17BrN2O/c1-16-8-7-15(11-4-5-11)12-10(9-13)3-2-6-14-12/h2-3,6,11H,4-5,7-9H2,1H3. The van der Waals surface area contributed by atoms with Gasteiger partial charge in [0.15, 0.2) is 0 Å². The quantitative estimate of drug-likeness (QED) is 0.751. The van der Waals surface area contributed by atoms with Crippen molar-refractivity contribution in [2.75, 3.05) is 25.2 Å². The van der Waals surface area contributed by atoms with Crippen molar-refractivity contribution in [3.63, 3.8) is 0 Å². The molecule has 0 aromatic carbocycles. The van der Waals surface area contributed by atoms with Crippen molar-refractivity contribution < 1.29 is 4.74 Å². The van der Waals surface area contributed by atoms with Crippen LogP contribution in [0.1, 0.15) is 18.4 Å². The average Bonchev–Trinajstić information content (AvgIpc) is 3.14. The molecule has 0 atom stereocenters. The van der Waals surface area contributed by atoms with Crippen molar-refractivity contribution in [2.45, 2.75) is 24.2 Å². The van der Waals surface area contributed by atoms with E-state index in [0.29, 0.717) is 6.04 Å². The van der Waals surface area contributed by atoms with Gasteiger partial charge >= 0.3 is 0 Å². The fraction of sp³-hybridized carbons (Fsp3) is 0.583. The zero-order valence-corrected chi connectivity index (χ0v) is 11.1. The molecule has 0 aliphatic heterocycles. The van der Waals surface area contributed by atoms with Crippen LogP contribution in [-0.4, -0.2) is 31.3 Å². The summed E-state index contributed by atoms with van der Waals surface area (Å²) in [4.78, 5) is 6.88. The molecule has 1 fully saturated rings. The maximum Gasteiger partial charge on any atom is 0.132 e. The Hall–Kier alpha value is -0.610. The van der Waals surface area contributed by atoms with E-state index in [0.717, 1.165) is 24.3 Å².